The zero-order valence-electron chi connectivity index (χ0n) is 11.4. The fraction of sp³-hybridized carbons (Fsp3) is 0.176. The van der Waals surface area contributed by atoms with Gasteiger partial charge < -0.3 is 0 Å². The van der Waals surface area contributed by atoms with Crippen molar-refractivity contribution in [2.24, 2.45) is 0 Å². The van der Waals surface area contributed by atoms with Gasteiger partial charge in [-0.15, -0.1) is 0 Å². The molecule has 0 saturated heterocycles. The van der Waals surface area contributed by atoms with Gasteiger partial charge in [-0.25, -0.2) is 0 Å². The van der Waals surface area contributed by atoms with Crippen LogP contribution in [0.2, 0.25) is 0 Å². The van der Waals surface area contributed by atoms with Crippen LogP contribution in [0.25, 0.3) is 0 Å². The summed E-state index contributed by atoms with van der Waals surface area (Å²) in [4.78, 5) is 1.53. The fourth-order valence-corrected chi connectivity index (χ4v) is 3.05. The molecule has 0 heterocycles. The van der Waals surface area contributed by atoms with Crippen molar-refractivity contribution in [2.45, 2.75) is 20.8 Å². The van der Waals surface area contributed by atoms with Gasteiger partial charge in [0.05, 0.1) is 9.73 Å². The highest BCUT2D eigenvalue weighted by Gasteiger charge is 2.14. The average Bonchev–Trinajstić information content (AvgIpc) is 2.37. The molecule has 0 aliphatic heterocycles. The standard InChI is InChI=1S/C17H16S2/c1-11-9-12(2)15(13(3)10-11)17(19)16(18)14-7-5-4-6-8-14/h4-10H,1-3H3. The lowest BCUT2D eigenvalue weighted by atomic mass is 9.94. The van der Waals surface area contributed by atoms with E-state index in [9.17, 15) is 0 Å². The number of rotatable bonds is 3. The van der Waals surface area contributed by atoms with Gasteiger partial charge in [-0.3, -0.25) is 0 Å². The van der Waals surface area contributed by atoms with E-state index in [-0.39, 0.29) is 0 Å². The van der Waals surface area contributed by atoms with Crippen LogP contribution in [0.15, 0.2) is 42.5 Å². The molecule has 0 saturated carbocycles. The topological polar surface area (TPSA) is 0 Å². The van der Waals surface area contributed by atoms with Crippen molar-refractivity contribution in [3.8, 4) is 0 Å². The molecule has 0 amide bonds. The zero-order valence-corrected chi connectivity index (χ0v) is 13.0. The lowest BCUT2D eigenvalue weighted by molar-refractivity contribution is 1.31. The summed E-state index contributed by atoms with van der Waals surface area (Å²) in [5, 5.41) is 0. The Morgan fingerprint density at radius 3 is 1.84 bits per heavy atom. The summed E-state index contributed by atoms with van der Waals surface area (Å²) in [6, 6.07) is 14.3. The highest BCUT2D eigenvalue weighted by Crippen LogP contribution is 2.20. The van der Waals surface area contributed by atoms with Gasteiger partial charge in [0.2, 0.25) is 0 Å². The van der Waals surface area contributed by atoms with E-state index < -0.39 is 0 Å². The van der Waals surface area contributed by atoms with Crippen LogP contribution in [0.4, 0.5) is 0 Å². The number of aryl methyl sites for hydroxylation is 3. The van der Waals surface area contributed by atoms with Crippen LogP contribution in [0, 0.1) is 20.8 Å². The third-order valence-electron chi connectivity index (χ3n) is 3.15. The highest BCUT2D eigenvalue weighted by molar-refractivity contribution is 7.90. The summed E-state index contributed by atoms with van der Waals surface area (Å²) >= 11 is 11.1. The molecule has 2 rings (SSSR count). The van der Waals surface area contributed by atoms with E-state index in [1.165, 1.54) is 16.7 Å². The lowest BCUT2D eigenvalue weighted by Gasteiger charge is -2.13. The first kappa shape index (κ1) is 14.0. The first-order chi connectivity index (χ1) is 9.00. The van der Waals surface area contributed by atoms with Crippen LogP contribution < -0.4 is 0 Å². The van der Waals surface area contributed by atoms with E-state index in [1.807, 2.05) is 30.3 Å². The molecule has 19 heavy (non-hydrogen) atoms. The van der Waals surface area contributed by atoms with E-state index in [0.29, 0.717) is 0 Å². The molecular formula is C17H16S2. The Bertz CT molecular complexity index is 617. The first-order valence-corrected chi connectivity index (χ1v) is 7.04. The molecule has 0 bridgehead atoms. The summed E-state index contributed by atoms with van der Waals surface area (Å²) in [7, 11) is 0. The van der Waals surface area contributed by atoms with Crippen molar-refractivity contribution in [1.82, 2.24) is 0 Å². The zero-order chi connectivity index (χ0) is 14.0. The van der Waals surface area contributed by atoms with Crippen LogP contribution in [-0.2, 0) is 0 Å². The molecule has 0 atom stereocenters. The normalized spacial score (nSPS) is 10.3. The van der Waals surface area contributed by atoms with E-state index >= 15 is 0 Å². The highest BCUT2D eigenvalue weighted by atomic mass is 32.1. The summed E-state index contributed by atoms with van der Waals surface area (Å²) in [5.41, 5.74) is 5.77. The molecule has 0 aliphatic rings. The molecule has 2 aromatic carbocycles. The molecule has 0 fully saturated rings. The van der Waals surface area contributed by atoms with Crippen LogP contribution in [0.5, 0.6) is 0 Å². The molecule has 2 aromatic rings. The average molecular weight is 284 g/mol. The SMILES string of the molecule is Cc1cc(C)c(C(=S)C(=S)c2ccccc2)c(C)c1. The van der Waals surface area contributed by atoms with Crippen LogP contribution in [0.3, 0.4) is 0 Å². The van der Waals surface area contributed by atoms with Gasteiger partial charge in [-0.05, 0) is 43.0 Å². The summed E-state index contributed by atoms with van der Waals surface area (Å²) in [6.07, 6.45) is 0. The number of benzene rings is 2. The largest absolute Gasteiger partial charge is 0.0778 e. The Hall–Kier alpha value is -1.38. The molecule has 0 nitrogen and oxygen atoms in total. The van der Waals surface area contributed by atoms with Crippen LogP contribution in [-0.4, -0.2) is 9.73 Å². The maximum atomic E-state index is 5.60. The van der Waals surface area contributed by atoms with E-state index in [1.54, 1.807) is 0 Å². The Kier molecular flexibility index (Phi) is 4.23. The van der Waals surface area contributed by atoms with E-state index in [4.69, 9.17) is 24.4 Å². The third-order valence-corrected chi connectivity index (χ3v) is 4.12. The monoisotopic (exact) mass is 284 g/mol. The Balaban J connectivity index is 2.44. The Labute approximate surface area is 125 Å². The quantitative estimate of drug-likeness (QED) is 0.589. The molecule has 0 spiro atoms. The summed E-state index contributed by atoms with van der Waals surface area (Å²) < 4.78 is 0. The smallest absolute Gasteiger partial charge is 0.0641 e. The van der Waals surface area contributed by atoms with Crippen LogP contribution >= 0.6 is 24.4 Å². The molecule has 0 N–H and O–H groups in total. The lowest BCUT2D eigenvalue weighted by Crippen LogP contribution is -2.15. The summed E-state index contributed by atoms with van der Waals surface area (Å²) in [5.74, 6) is 0. The van der Waals surface area contributed by atoms with Crippen molar-refractivity contribution in [2.75, 3.05) is 0 Å². The van der Waals surface area contributed by atoms with Crippen LogP contribution in [0.1, 0.15) is 27.8 Å². The first-order valence-electron chi connectivity index (χ1n) is 6.22. The second kappa shape index (κ2) is 5.72. The number of hydrogen-bond donors (Lipinski definition) is 0. The van der Waals surface area contributed by atoms with Gasteiger partial charge in [-0.2, -0.15) is 0 Å². The molecule has 0 radical (unpaired) electrons. The minimum absolute atomic E-state index is 0.755. The fourth-order valence-electron chi connectivity index (χ4n) is 2.37. The van der Waals surface area contributed by atoms with Crippen molar-refractivity contribution in [3.05, 3.63) is 70.3 Å². The van der Waals surface area contributed by atoms with Gasteiger partial charge in [0, 0.05) is 0 Å². The predicted molar refractivity (Wildman–Crippen MR) is 90.5 cm³/mol. The van der Waals surface area contributed by atoms with Crippen molar-refractivity contribution in [1.29, 1.82) is 0 Å². The van der Waals surface area contributed by atoms with Gasteiger partial charge in [-0.1, -0.05) is 72.5 Å². The van der Waals surface area contributed by atoms with Gasteiger partial charge >= 0.3 is 0 Å². The second-order valence-electron chi connectivity index (χ2n) is 4.80. The Morgan fingerprint density at radius 1 is 0.789 bits per heavy atom. The number of thiocarbonyl (C=S) groups is 2. The molecule has 0 aliphatic carbocycles. The molecule has 2 heteroatoms. The molecule has 0 aromatic heterocycles. The minimum atomic E-state index is 0.755. The molecular weight excluding hydrogens is 268 g/mol. The number of hydrogen-bond acceptors (Lipinski definition) is 2. The predicted octanol–water partition coefficient (Wildman–Crippen LogP) is 4.75. The summed E-state index contributed by atoms with van der Waals surface area (Å²) in [6.45, 7) is 6.28. The van der Waals surface area contributed by atoms with Gasteiger partial charge in [0.15, 0.2) is 0 Å². The maximum Gasteiger partial charge on any atom is 0.0641 e. The Morgan fingerprint density at radius 2 is 1.32 bits per heavy atom. The minimum Gasteiger partial charge on any atom is -0.0778 e. The molecule has 96 valence electrons. The van der Waals surface area contributed by atoms with Crippen molar-refractivity contribution in [3.63, 3.8) is 0 Å². The maximum absolute atomic E-state index is 5.60. The third kappa shape index (κ3) is 2.96. The van der Waals surface area contributed by atoms with E-state index in [0.717, 1.165) is 20.9 Å². The molecule has 0 unspecified atom stereocenters. The van der Waals surface area contributed by atoms with Gasteiger partial charge in [0.1, 0.15) is 0 Å². The van der Waals surface area contributed by atoms with E-state index in [2.05, 4.69) is 32.9 Å². The van der Waals surface area contributed by atoms with Crippen molar-refractivity contribution < 1.29 is 0 Å². The van der Waals surface area contributed by atoms with Crippen molar-refractivity contribution >= 4 is 34.2 Å². The second-order valence-corrected chi connectivity index (χ2v) is 5.61. The van der Waals surface area contributed by atoms with Gasteiger partial charge in [0.25, 0.3) is 0 Å².